The summed E-state index contributed by atoms with van der Waals surface area (Å²) in [6.45, 7) is 5.69. The van der Waals surface area contributed by atoms with Crippen LogP contribution < -0.4 is 5.73 Å². The average Bonchev–Trinajstić information content (AvgIpc) is 3.00. The molecule has 98 valence electrons. The van der Waals surface area contributed by atoms with Crippen LogP contribution in [0.4, 0.5) is 0 Å². The molecule has 4 atom stereocenters. The second-order valence-corrected chi connectivity index (χ2v) is 6.21. The molecule has 2 nitrogen and oxygen atoms in total. The summed E-state index contributed by atoms with van der Waals surface area (Å²) < 4.78 is 0. The van der Waals surface area contributed by atoms with Gasteiger partial charge in [0.15, 0.2) is 0 Å². The first kappa shape index (κ1) is 12.2. The highest BCUT2D eigenvalue weighted by Crippen LogP contribution is 2.40. The maximum absolute atomic E-state index is 6.46. The molecule has 0 amide bonds. The van der Waals surface area contributed by atoms with Crippen molar-refractivity contribution in [3.8, 4) is 0 Å². The van der Waals surface area contributed by atoms with Gasteiger partial charge in [-0.3, -0.25) is 4.90 Å². The largest absolute Gasteiger partial charge is 0.323 e. The molecule has 0 radical (unpaired) electrons. The molecule has 3 rings (SSSR count). The number of benzene rings is 1. The van der Waals surface area contributed by atoms with Crippen molar-refractivity contribution in [3.05, 3.63) is 35.4 Å². The molecule has 2 fully saturated rings. The Bertz CT molecular complexity index is 412. The Morgan fingerprint density at radius 2 is 1.94 bits per heavy atom. The number of piperidine rings is 1. The summed E-state index contributed by atoms with van der Waals surface area (Å²) >= 11 is 0. The van der Waals surface area contributed by atoms with E-state index in [1.165, 1.54) is 36.9 Å². The van der Waals surface area contributed by atoms with E-state index in [1.54, 1.807) is 0 Å². The molecule has 4 unspecified atom stereocenters. The molecule has 1 saturated heterocycles. The smallest absolute Gasteiger partial charge is 0.0450 e. The van der Waals surface area contributed by atoms with Crippen molar-refractivity contribution in [1.29, 1.82) is 0 Å². The van der Waals surface area contributed by atoms with E-state index in [9.17, 15) is 0 Å². The van der Waals surface area contributed by atoms with Gasteiger partial charge in [-0.25, -0.2) is 0 Å². The summed E-state index contributed by atoms with van der Waals surface area (Å²) in [5.74, 6) is 0.947. The third-order valence-corrected chi connectivity index (χ3v) is 4.96. The standard InChI is InChI=1S/C16H24N2/c1-11-3-6-14(7-4-11)16(17)12(2)18-10-13-5-8-15(18)9-13/h3-4,6-7,12-13,15-16H,5,8-10,17H2,1-2H3. The predicted octanol–water partition coefficient (Wildman–Crippen LogP) is 2.87. The third-order valence-electron chi connectivity index (χ3n) is 4.96. The summed E-state index contributed by atoms with van der Waals surface area (Å²) in [6, 6.07) is 10.1. The molecule has 1 heterocycles. The Labute approximate surface area is 110 Å². The Morgan fingerprint density at radius 3 is 2.50 bits per heavy atom. The summed E-state index contributed by atoms with van der Waals surface area (Å²) in [5.41, 5.74) is 9.04. The van der Waals surface area contributed by atoms with Crippen LogP contribution in [0, 0.1) is 12.8 Å². The van der Waals surface area contributed by atoms with E-state index in [0.29, 0.717) is 6.04 Å². The van der Waals surface area contributed by atoms with Crippen LogP contribution in [-0.2, 0) is 0 Å². The van der Waals surface area contributed by atoms with Gasteiger partial charge in [0.25, 0.3) is 0 Å². The zero-order chi connectivity index (χ0) is 12.7. The number of likely N-dealkylation sites (tertiary alicyclic amines) is 1. The van der Waals surface area contributed by atoms with Crippen LogP contribution in [0.1, 0.15) is 43.4 Å². The SMILES string of the molecule is Cc1ccc(C(N)C(C)N2CC3CCC2C3)cc1. The predicted molar refractivity (Wildman–Crippen MR) is 75.4 cm³/mol. The lowest BCUT2D eigenvalue weighted by molar-refractivity contribution is 0.140. The van der Waals surface area contributed by atoms with Gasteiger partial charge in [0.1, 0.15) is 0 Å². The van der Waals surface area contributed by atoms with Gasteiger partial charge in [-0.2, -0.15) is 0 Å². The Balaban J connectivity index is 1.72. The van der Waals surface area contributed by atoms with E-state index in [0.717, 1.165) is 12.0 Å². The zero-order valence-corrected chi connectivity index (χ0v) is 11.5. The molecule has 2 aliphatic rings. The number of hydrogen-bond acceptors (Lipinski definition) is 2. The molecule has 1 saturated carbocycles. The molecular formula is C16H24N2. The van der Waals surface area contributed by atoms with Gasteiger partial charge in [-0.1, -0.05) is 29.8 Å². The Morgan fingerprint density at radius 1 is 1.22 bits per heavy atom. The van der Waals surface area contributed by atoms with Crippen molar-refractivity contribution in [3.63, 3.8) is 0 Å². The molecule has 0 aromatic heterocycles. The fourth-order valence-corrected chi connectivity index (χ4v) is 3.74. The van der Waals surface area contributed by atoms with Gasteiger partial charge in [-0.05, 0) is 44.6 Å². The van der Waals surface area contributed by atoms with Crippen LogP contribution in [0.5, 0.6) is 0 Å². The van der Waals surface area contributed by atoms with Crippen molar-refractivity contribution >= 4 is 0 Å². The molecule has 18 heavy (non-hydrogen) atoms. The van der Waals surface area contributed by atoms with Crippen molar-refractivity contribution in [2.75, 3.05) is 6.54 Å². The quantitative estimate of drug-likeness (QED) is 0.886. The normalized spacial score (nSPS) is 30.6. The van der Waals surface area contributed by atoms with Crippen molar-refractivity contribution in [1.82, 2.24) is 4.90 Å². The van der Waals surface area contributed by atoms with E-state index in [1.807, 2.05) is 0 Å². The Hall–Kier alpha value is -0.860. The molecule has 1 aliphatic heterocycles. The highest BCUT2D eigenvalue weighted by Gasteiger charge is 2.41. The highest BCUT2D eigenvalue weighted by atomic mass is 15.2. The van der Waals surface area contributed by atoms with Gasteiger partial charge in [-0.15, -0.1) is 0 Å². The van der Waals surface area contributed by atoms with E-state index in [4.69, 9.17) is 5.73 Å². The number of hydrogen-bond donors (Lipinski definition) is 1. The number of fused-ring (bicyclic) bond motifs is 2. The summed E-state index contributed by atoms with van der Waals surface area (Å²) in [6.07, 6.45) is 4.23. The molecule has 0 spiro atoms. The summed E-state index contributed by atoms with van der Waals surface area (Å²) in [4.78, 5) is 2.65. The fourth-order valence-electron chi connectivity index (χ4n) is 3.74. The van der Waals surface area contributed by atoms with Gasteiger partial charge in [0.2, 0.25) is 0 Å². The van der Waals surface area contributed by atoms with Gasteiger partial charge in [0, 0.05) is 24.7 Å². The number of aryl methyl sites for hydroxylation is 1. The second-order valence-electron chi connectivity index (χ2n) is 6.21. The lowest BCUT2D eigenvalue weighted by Gasteiger charge is -2.36. The minimum Gasteiger partial charge on any atom is -0.323 e. The van der Waals surface area contributed by atoms with Crippen LogP contribution in [0.2, 0.25) is 0 Å². The third kappa shape index (κ3) is 2.08. The molecule has 1 aliphatic carbocycles. The zero-order valence-electron chi connectivity index (χ0n) is 11.5. The van der Waals surface area contributed by atoms with E-state index in [2.05, 4.69) is 43.0 Å². The molecular weight excluding hydrogens is 220 g/mol. The van der Waals surface area contributed by atoms with Crippen LogP contribution in [0.25, 0.3) is 0 Å². The lowest BCUT2D eigenvalue weighted by atomic mass is 9.97. The summed E-state index contributed by atoms with van der Waals surface area (Å²) in [7, 11) is 0. The van der Waals surface area contributed by atoms with Gasteiger partial charge < -0.3 is 5.73 Å². The van der Waals surface area contributed by atoms with Crippen LogP contribution in [-0.4, -0.2) is 23.5 Å². The monoisotopic (exact) mass is 244 g/mol. The Kier molecular flexibility index (Phi) is 3.16. The first-order valence-corrected chi connectivity index (χ1v) is 7.23. The van der Waals surface area contributed by atoms with E-state index >= 15 is 0 Å². The van der Waals surface area contributed by atoms with Crippen LogP contribution >= 0.6 is 0 Å². The minimum absolute atomic E-state index is 0.143. The van der Waals surface area contributed by atoms with Crippen molar-refractivity contribution in [2.24, 2.45) is 11.7 Å². The second kappa shape index (κ2) is 4.67. The van der Waals surface area contributed by atoms with Crippen molar-refractivity contribution < 1.29 is 0 Å². The molecule has 2 bridgehead atoms. The highest BCUT2D eigenvalue weighted by molar-refractivity contribution is 5.25. The first-order chi connectivity index (χ1) is 8.65. The molecule has 2 N–H and O–H groups in total. The van der Waals surface area contributed by atoms with Gasteiger partial charge >= 0.3 is 0 Å². The average molecular weight is 244 g/mol. The summed E-state index contributed by atoms with van der Waals surface area (Å²) in [5, 5.41) is 0. The van der Waals surface area contributed by atoms with E-state index < -0.39 is 0 Å². The van der Waals surface area contributed by atoms with E-state index in [-0.39, 0.29) is 6.04 Å². The maximum Gasteiger partial charge on any atom is 0.0450 e. The van der Waals surface area contributed by atoms with Crippen LogP contribution in [0.3, 0.4) is 0 Å². The minimum atomic E-state index is 0.143. The number of rotatable bonds is 3. The molecule has 1 aromatic rings. The molecule has 1 aromatic carbocycles. The topological polar surface area (TPSA) is 29.3 Å². The fraction of sp³-hybridized carbons (Fsp3) is 0.625. The molecule has 2 heteroatoms. The lowest BCUT2D eigenvalue weighted by Crippen LogP contribution is -2.45. The maximum atomic E-state index is 6.46. The van der Waals surface area contributed by atoms with Gasteiger partial charge in [0.05, 0.1) is 0 Å². The van der Waals surface area contributed by atoms with Crippen LogP contribution in [0.15, 0.2) is 24.3 Å². The number of nitrogens with two attached hydrogens (primary N) is 1. The van der Waals surface area contributed by atoms with Crippen molar-refractivity contribution in [2.45, 2.75) is 51.2 Å². The number of nitrogens with zero attached hydrogens (tertiary/aromatic N) is 1. The first-order valence-electron chi connectivity index (χ1n) is 7.23.